The van der Waals surface area contributed by atoms with E-state index < -0.39 is 6.04 Å². The van der Waals surface area contributed by atoms with Gasteiger partial charge in [-0.15, -0.1) is 0 Å². The SMILES string of the molecule is C=CC(=O)N[C@H](C#Cc1cnccc1-c1[nH]c2c(c1Nc1cccc(Cl)c1OC)C(=O)NCC2)COC. The lowest BCUT2D eigenvalue weighted by Gasteiger charge is -2.17. The minimum Gasteiger partial charge on any atom is -0.493 e. The predicted molar refractivity (Wildman–Crippen MR) is 142 cm³/mol. The minimum atomic E-state index is -0.556. The Morgan fingerprint density at radius 1 is 1.35 bits per heavy atom. The Morgan fingerprint density at radius 2 is 2.19 bits per heavy atom. The molecule has 2 aromatic heterocycles. The summed E-state index contributed by atoms with van der Waals surface area (Å²) in [4.78, 5) is 32.4. The summed E-state index contributed by atoms with van der Waals surface area (Å²) in [6.07, 6.45) is 5.09. The van der Waals surface area contributed by atoms with Gasteiger partial charge in [-0.1, -0.05) is 36.1 Å². The topological polar surface area (TPSA) is 117 Å². The highest BCUT2D eigenvalue weighted by Gasteiger charge is 2.28. The molecule has 0 saturated carbocycles. The Labute approximate surface area is 219 Å². The fraction of sp³-hybridized carbons (Fsp3) is 0.222. The fourth-order valence-electron chi connectivity index (χ4n) is 4.05. The zero-order valence-corrected chi connectivity index (χ0v) is 21.2. The molecule has 1 aliphatic heterocycles. The van der Waals surface area contributed by atoms with Crippen molar-refractivity contribution in [3.63, 3.8) is 0 Å². The van der Waals surface area contributed by atoms with Crippen molar-refractivity contribution in [3.8, 4) is 28.8 Å². The van der Waals surface area contributed by atoms with E-state index in [2.05, 4.69) is 44.3 Å². The average Bonchev–Trinajstić information content (AvgIpc) is 3.27. The van der Waals surface area contributed by atoms with Crippen molar-refractivity contribution in [1.82, 2.24) is 20.6 Å². The summed E-state index contributed by atoms with van der Waals surface area (Å²) in [7, 11) is 3.06. The van der Waals surface area contributed by atoms with Gasteiger partial charge in [-0.05, 0) is 24.3 Å². The second-order valence-electron chi connectivity index (χ2n) is 8.09. The summed E-state index contributed by atoms with van der Waals surface area (Å²) in [5.74, 6) is 6.04. The van der Waals surface area contributed by atoms with Gasteiger partial charge in [0, 0.05) is 43.7 Å². The molecule has 1 atom stereocenters. The van der Waals surface area contributed by atoms with Gasteiger partial charge >= 0.3 is 0 Å². The Morgan fingerprint density at radius 3 is 2.95 bits per heavy atom. The van der Waals surface area contributed by atoms with Crippen molar-refractivity contribution in [2.45, 2.75) is 12.5 Å². The van der Waals surface area contributed by atoms with Gasteiger partial charge in [-0.2, -0.15) is 0 Å². The van der Waals surface area contributed by atoms with Crippen LogP contribution in [-0.2, 0) is 16.0 Å². The van der Waals surface area contributed by atoms with Crippen molar-refractivity contribution in [2.24, 2.45) is 0 Å². The number of hydrogen-bond donors (Lipinski definition) is 4. The van der Waals surface area contributed by atoms with Crippen LogP contribution in [0.1, 0.15) is 21.6 Å². The highest BCUT2D eigenvalue weighted by Crippen LogP contribution is 2.41. The van der Waals surface area contributed by atoms with Crippen LogP contribution in [0.2, 0.25) is 5.02 Å². The third-order valence-electron chi connectivity index (χ3n) is 5.70. The molecule has 1 aliphatic rings. The Bertz CT molecular complexity index is 1410. The van der Waals surface area contributed by atoms with Gasteiger partial charge < -0.3 is 30.4 Å². The number of halogens is 1. The summed E-state index contributed by atoms with van der Waals surface area (Å²) in [5, 5.41) is 9.42. The minimum absolute atomic E-state index is 0.193. The molecule has 0 saturated heterocycles. The number of nitrogens with one attached hydrogen (secondary N) is 4. The molecule has 4 rings (SSSR count). The van der Waals surface area contributed by atoms with E-state index in [1.165, 1.54) is 20.3 Å². The Balaban J connectivity index is 1.83. The first-order valence-electron chi connectivity index (χ1n) is 11.5. The van der Waals surface area contributed by atoms with E-state index in [0.29, 0.717) is 51.9 Å². The molecular weight excluding hydrogens is 494 g/mol. The van der Waals surface area contributed by atoms with Crippen molar-refractivity contribution in [1.29, 1.82) is 0 Å². The third-order valence-corrected chi connectivity index (χ3v) is 6.00. The maximum absolute atomic E-state index is 12.9. The van der Waals surface area contributed by atoms with Crippen LogP contribution in [0.3, 0.4) is 0 Å². The zero-order chi connectivity index (χ0) is 26.4. The molecule has 3 aromatic rings. The van der Waals surface area contributed by atoms with Crippen LogP contribution >= 0.6 is 11.6 Å². The number of carbonyl (C=O) groups excluding carboxylic acids is 2. The van der Waals surface area contributed by atoms with Gasteiger partial charge in [0.05, 0.1) is 46.9 Å². The van der Waals surface area contributed by atoms with Gasteiger partial charge in [0.1, 0.15) is 6.04 Å². The Hall–Kier alpha value is -4.26. The molecule has 9 nitrogen and oxygen atoms in total. The molecule has 0 fully saturated rings. The van der Waals surface area contributed by atoms with Crippen molar-refractivity contribution in [3.05, 3.63) is 71.2 Å². The normalized spacial score (nSPS) is 12.9. The van der Waals surface area contributed by atoms with Gasteiger partial charge in [0.15, 0.2) is 5.75 Å². The van der Waals surface area contributed by atoms with E-state index in [9.17, 15) is 9.59 Å². The number of para-hydroxylation sites is 1. The maximum Gasteiger partial charge on any atom is 0.255 e. The van der Waals surface area contributed by atoms with Crippen LogP contribution in [0.15, 0.2) is 49.3 Å². The lowest BCUT2D eigenvalue weighted by Crippen LogP contribution is -2.35. The molecule has 0 spiro atoms. The molecule has 2 amide bonds. The van der Waals surface area contributed by atoms with Crippen LogP contribution < -0.4 is 20.7 Å². The van der Waals surface area contributed by atoms with Crippen LogP contribution in [0.25, 0.3) is 11.3 Å². The van der Waals surface area contributed by atoms with E-state index in [1.807, 2.05) is 12.1 Å². The number of fused-ring (bicyclic) bond motifs is 1. The van der Waals surface area contributed by atoms with E-state index >= 15 is 0 Å². The van der Waals surface area contributed by atoms with Crippen molar-refractivity contribution < 1.29 is 19.1 Å². The molecule has 190 valence electrons. The van der Waals surface area contributed by atoms with Crippen LogP contribution in [-0.4, -0.2) is 55.2 Å². The first-order valence-corrected chi connectivity index (χ1v) is 11.8. The average molecular weight is 520 g/mol. The number of pyridine rings is 1. The summed E-state index contributed by atoms with van der Waals surface area (Å²) < 4.78 is 10.7. The number of anilines is 2. The number of rotatable bonds is 8. The van der Waals surface area contributed by atoms with Crippen LogP contribution in [0, 0.1) is 11.8 Å². The third kappa shape index (κ3) is 5.61. The molecule has 10 heteroatoms. The van der Waals surface area contributed by atoms with Crippen molar-refractivity contribution in [2.75, 3.05) is 32.7 Å². The van der Waals surface area contributed by atoms with E-state index in [0.717, 1.165) is 11.3 Å². The van der Waals surface area contributed by atoms with Gasteiger partial charge in [0.2, 0.25) is 5.91 Å². The molecule has 37 heavy (non-hydrogen) atoms. The standard InChI is InChI=1S/C27H26ClN5O4/c1-4-22(34)31-17(15-36-2)9-8-16-14-29-12-10-18(16)24-25(23-20(32-24)11-13-30-27(23)35)33-21-7-5-6-19(28)26(21)37-3/h4-7,10,12,14,17,32-33H,1,11,13,15H2,2-3H3,(H,30,35)(H,31,34)/t17-/m1/s1. The summed E-state index contributed by atoms with van der Waals surface area (Å²) >= 11 is 6.34. The quantitative estimate of drug-likeness (QED) is 0.267. The smallest absolute Gasteiger partial charge is 0.255 e. The largest absolute Gasteiger partial charge is 0.493 e. The second-order valence-corrected chi connectivity index (χ2v) is 8.50. The zero-order valence-electron chi connectivity index (χ0n) is 20.4. The van der Waals surface area contributed by atoms with E-state index in [4.69, 9.17) is 21.1 Å². The summed E-state index contributed by atoms with van der Waals surface area (Å²) in [6.45, 7) is 4.19. The molecule has 0 radical (unpaired) electrons. The molecule has 0 aliphatic carbocycles. The van der Waals surface area contributed by atoms with E-state index in [-0.39, 0.29) is 18.4 Å². The number of aromatic amines is 1. The molecular formula is C27H26ClN5O4. The number of ether oxygens (including phenoxy) is 2. The number of methoxy groups -OCH3 is 2. The lowest BCUT2D eigenvalue weighted by atomic mass is 10.0. The van der Waals surface area contributed by atoms with Crippen LogP contribution in [0.5, 0.6) is 5.75 Å². The molecule has 3 heterocycles. The van der Waals surface area contributed by atoms with Crippen LogP contribution in [0.4, 0.5) is 11.4 Å². The maximum atomic E-state index is 12.9. The van der Waals surface area contributed by atoms with Gasteiger partial charge in [-0.3, -0.25) is 14.6 Å². The second kappa shape index (κ2) is 11.6. The first kappa shape index (κ1) is 25.8. The number of carbonyl (C=O) groups is 2. The molecule has 0 unspecified atom stereocenters. The summed E-state index contributed by atoms with van der Waals surface area (Å²) in [6, 6.07) is 6.60. The number of aromatic nitrogens is 2. The molecule has 0 bridgehead atoms. The lowest BCUT2D eigenvalue weighted by molar-refractivity contribution is -0.117. The number of nitrogens with zero attached hydrogens (tertiary/aromatic N) is 1. The van der Waals surface area contributed by atoms with Gasteiger partial charge in [-0.25, -0.2) is 0 Å². The number of hydrogen-bond acceptors (Lipinski definition) is 6. The number of H-pyrrole nitrogens is 1. The van der Waals surface area contributed by atoms with Gasteiger partial charge in [0.25, 0.3) is 5.91 Å². The summed E-state index contributed by atoms with van der Waals surface area (Å²) in [5.41, 5.74) is 4.45. The Kier molecular flexibility index (Phi) is 8.13. The molecule has 4 N–H and O–H groups in total. The first-order chi connectivity index (χ1) is 18.0. The highest BCUT2D eigenvalue weighted by molar-refractivity contribution is 6.32. The number of benzene rings is 1. The van der Waals surface area contributed by atoms with Crippen molar-refractivity contribution >= 4 is 34.8 Å². The van der Waals surface area contributed by atoms with E-state index in [1.54, 1.807) is 24.5 Å². The molecule has 1 aromatic carbocycles. The predicted octanol–water partition coefficient (Wildman–Crippen LogP) is 3.44. The fourth-order valence-corrected chi connectivity index (χ4v) is 4.30. The monoisotopic (exact) mass is 519 g/mol. The highest BCUT2D eigenvalue weighted by atomic mass is 35.5. The number of amides is 2.